The molecule has 12 nitrogen and oxygen atoms in total. The van der Waals surface area contributed by atoms with Crippen molar-refractivity contribution in [2.75, 3.05) is 38.5 Å². The van der Waals surface area contributed by atoms with Crippen molar-refractivity contribution in [1.82, 2.24) is 35.8 Å². The molecular weight excluding hydrogens is 553 g/mol. The number of fused-ring (bicyclic) bond motifs is 1. The number of aromatic nitrogens is 2. The highest BCUT2D eigenvalue weighted by molar-refractivity contribution is 6.00. The summed E-state index contributed by atoms with van der Waals surface area (Å²) in [5.74, 6) is 0.303. The van der Waals surface area contributed by atoms with Gasteiger partial charge in [0.25, 0.3) is 11.8 Å². The van der Waals surface area contributed by atoms with E-state index in [0.29, 0.717) is 60.1 Å². The number of nitrogens with zero attached hydrogens (tertiary/aromatic N) is 6. The van der Waals surface area contributed by atoms with Crippen molar-refractivity contribution in [2.24, 2.45) is 5.10 Å². The number of hydrogen-bond donors (Lipinski definition) is 3. The van der Waals surface area contributed by atoms with E-state index in [-0.39, 0.29) is 24.8 Å². The number of hydrazone groups is 1. The van der Waals surface area contributed by atoms with E-state index in [2.05, 4.69) is 48.4 Å². The first-order valence-electron chi connectivity index (χ1n) is 14.2. The van der Waals surface area contributed by atoms with Crippen molar-refractivity contribution in [2.45, 2.75) is 24.6 Å². The lowest BCUT2D eigenvalue weighted by Gasteiger charge is -2.39. The molecule has 4 heterocycles. The van der Waals surface area contributed by atoms with Crippen molar-refractivity contribution in [3.8, 4) is 11.5 Å². The Labute approximate surface area is 246 Å². The summed E-state index contributed by atoms with van der Waals surface area (Å²) in [7, 11) is 1.83. The highest BCUT2D eigenvalue weighted by atomic mass is 19.1. The van der Waals surface area contributed by atoms with E-state index >= 15 is 0 Å². The van der Waals surface area contributed by atoms with Gasteiger partial charge in [-0.15, -0.1) is 10.6 Å². The second-order valence-electron chi connectivity index (χ2n) is 10.9. The average Bonchev–Trinajstić information content (AvgIpc) is 3.43. The number of piperazine rings is 1. The predicted octanol–water partition coefficient (Wildman–Crippen LogP) is 3.10. The number of hydrogen-bond acceptors (Lipinski definition) is 10. The molecule has 1 aliphatic carbocycles. The summed E-state index contributed by atoms with van der Waals surface area (Å²) in [6, 6.07) is 18.5. The normalized spacial score (nSPS) is 18.7. The van der Waals surface area contributed by atoms with Crippen molar-refractivity contribution >= 4 is 34.4 Å². The molecule has 2 aromatic carbocycles. The summed E-state index contributed by atoms with van der Waals surface area (Å²) in [6.45, 7) is 2.37. The standard InChI is InChI=1S/C30H30FN9O3/c1-38-36-26(35-37-38)25(19-5-3-2-4-6-19)39-13-15-40(16-14-39)28(41)23-17-20(9-12-32-23)27-34-22-18-21(7-8-24(22)43-27)33-29(42)30(31)10-11-30/h2-9,12,17-18,25,37H,10-11,13-16H2,1H3,(H,33,42)(H,35,36)/t25-/m1/s1. The van der Waals surface area contributed by atoms with E-state index < -0.39 is 11.6 Å². The number of alkyl halides is 1. The largest absolute Gasteiger partial charge is 0.436 e. The molecule has 3 N–H and O–H groups in total. The lowest BCUT2D eigenvalue weighted by Crippen LogP contribution is -2.52. The highest BCUT2D eigenvalue weighted by Gasteiger charge is 2.50. The summed E-state index contributed by atoms with van der Waals surface area (Å²) in [6.07, 6.45) is 2.05. The smallest absolute Gasteiger partial charge is 0.272 e. The lowest BCUT2D eigenvalue weighted by molar-refractivity contribution is -0.122. The molecule has 1 atom stereocenters. The maximum Gasteiger partial charge on any atom is 0.272 e. The van der Waals surface area contributed by atoms with Crippen molar-refractivity contribution in [3.05, 3.63) is 78.1 Å². The van der Waals surface area contributed by atoms with Crippen LogP contribution < -0.4 is 16.3 Å². The van der Waals surface area contributed by atoms with Crippen LogP contribution in [0.4, 0.5) is 10.1 Å². The van der Waals surface area contributed by atoms with Crippen molar-refractivity contribution in [3.63, 3.8) is 0 Å². The first-order chi connectivity index (χ1) is 20.9. The number of benzene rings is 2. The number of pyridine rings is 1. The average molecular weight is 584 g/mol. The molecule has 4 aromatic rings. The van der Waals surface area contributed by atoms with Gasteiger partial charge in [-0.1, -0.05) is 30.3 Å². The predicted molar refractivity (Wildman–Crippen MR) is 157 cm³/mol. The number of carbonyl (C=O) groups is 2. The van der Waals surface area contributed by atoms with Gasteiger partial charge in [0.05, 0.1) is 6.04 Å². The Balaban J connectivity index is 1.04. The topological polar surface area (TPSA) is 131 Å². The third-order valence-corrected chi connectivity index (χ3v) is 7.91. The van der Waals surface area contributed by atoms with Crippen LogP contribution in [-0.2, 0) is 4.79 Å². The second kappa shape index (κ2) is 10.7. The third kappa shape index (κ3) is 5.40. The molecule has 220 valence electrons. The fraction of sp³-hybridized carbons (Fsp3) is 0.300. The van der Waals surface area contributed by atoms with Crippen LogP contribution in [0.1, 0.15) is 34.9 Å². The molecule has 2 aliphatic heterocycles. The molecule has 2 fully saturated rings. The van der Waals surface area contributed by atoms with E-state index in [4.69, 9.17) is 4.42 Å². The van der Waals surface area contributed by atoms with Gasteiger partial charge in [0, 0.05) is 50.7 Å². The molecule has 2 aromatic heterocycles. The van der Waals surface area contributed by atoms with Crippen LogP contribution in [0.3, 0.4) is 0 Å². The first kappa shape index (κ1) is 27.0. The molecule has 0 bridgehead atoms. The Hall–Kier alpha value is -4.88. The summed E-state index contributed by atoms with van der Waals surface area (Å²) in [4.78, 5) is 38.6. The molecule has 2 amide bonds. The van der Waals surface area contributed by atoms with Gasteiger partial charge in [-0.3, -0.25) is 24.9 Å². The van der Waals surface area contributed by atoms with Crippen LogP contribution in [0.25, 0.3) is 22.6 Å². The van der Waals surface area contributed by atoms with Crippen LogP contribution in [0.15, 0.2) is 76.4 Å². The Morgan fingerprint density at radius 1 is 1.05 bits per heavy atom. The molecule has 7 rings (SSSR count). The molecule has 0 unspecified atom stereocenters. The zero-order valence-corrected chi connectivity index (χ0v) is 23.5. The van der Waals surface area contributed by atoms with Crippen molar-refractivity contribution < 1.29 is 18.4 Å². The quantitative estimate of drug-likeness (QED) is 0.300. The van der Waals surface area contributed by atoms with Gasteiger partial charge in [-0.05, 0) is 48.7 Å². The molecule has 1 saturated heterocycles. The summed E-state index contributed by atoms with van der Waals surface area (Å²) < 4.78 is 20.0. The van der Waals surface area contributed by atoms with Crippen LogP contribution >= 0.6 is 0 Å². The minimum Gasteiger partial charge on any atom is -0.436 e. The molecule has 43 heavy (non-hydrogen) atoms. The number of amidine groups is 1. The van der Waals surface area contributed by atoms with E-state index in [1.807, 2.05) is 25.2 Å². The maximum absolute atomic E-state index is 14.1. The summed E-state index contributed by atoms with van der Waals surface area (Å²) in [5, 5.41) is 8.81. The summed E-state index contributed by atoms with van der Waals surface area (Å²) >= 11 is 0. The number of carbonyl (C=O) groups excluding carboxylic acids is 2. The molecular formula is C30H30FN9O3. The van der Waals surface area contributed by atoms with Gasteiger partial charge in [0.15, 0.2) is 17.1 Å². The lowest BCUT2D eigenvalue weighted by atomic mass is 10.0. The van der Waals surface area contributed by atoms with Gasteiger partial charge < -0.3 is 14.6 Å². The van der Waals surface area contributed by atoms with Crippen LogP contribution in [0.5, 0.6) is 0 Å². The van der Waals surface area contributed by atoms with Crippen LogP contribution in [0, 0.1) is 0 Å². The Morgan fingerprint density at radius 3 is 2.56 bits per heavy atom. The van der Waals surface area contributed by atoms with Crippen LogP contribution in [0.2, 0.25) is 0 Å². The minimum absolute atomic E-state index is 0.0860. The first-order valence-corrected chi connectivity index (χ1v) is 14.2. The number of oxazole rings is 1. The fourth-order valence-electron chi connectivity index (χ4n) is 5.38. The number of rotatable bonds is 7. The zero-order chi connectivity index (χ0) is 29.6. The molecule has 0 radical (unpaired) electrons. The van der Waals surface area contributed by atoms with Gasteiger partial charge in [-0.2, -0.15) is 0 Å². The van der Waals surface area contributed by atoms with Crippen LogP contribution in [-0.4, -0.2) is 81.4 Å². The number of hydrazine groups is 2. The molecule has 1 saturated carbocycles. The Bertz CT molecular complexity index is 1710. The Kier molecular flexibility index (Phi) is 6.75. The SMILES string of the molecule is CN1N=C([C@@H](c2ccccc2)N2CCN(C(=O)c3cc(-c4nc5cc(NC(=O)C6(F)CC6)ccc5o4)ccn3)CC2)NN1. The van der Waals surface area contributed by atoms with Gasteiger partial charge in [-0.25, -0.2) is 14.5 Å². The number of anilines is 1. The van der Waals surface area contributed by atoms with E-state index in [1.165, 1.54) is 0 Å². The monoisotopic (exact) mass is 583 g/mol. The Morgan fingerprint density at radius 2 is 1.84 bits per heavy atom. The zero-order valence-electron chi connectivity index (χ0n) is 23.5. The van der Waals surface area contributed by atoms with E-state index in [9.17, 15) is 14.0 Å². The summed E-state index contributed by atoms with van der Waals surface area (Å²) in [5.41, 5.74) is 7.85. The maximum atomic E-state index is 14.1. The molecule has 0 spiro atoms. The molecule has 3 aliphatic rings. The van der Waals surface area contributed by atoms with E-state index in [1.54, 1.807) is 46.5 Å². The van der Waals surface area contributed by atoms with Gasteiger partial charge in [0.2, 0.25) is 5.89 Å². The van der Waals surface area contributed by atoms with Gasteiger partial charge in [0.1, 0.15) is 11.2 Å². The van der Waals surface area contributed by atoms with E-state index in [0.717, 1.165) is 11.4 Å². The third-order valence-electron chi connectivity index (χ3n) is 7.91. The highest BCUT2D eigenvalue weighted by Crippen LogP contribution is 2.40. The second-order valence-corrected chi connectivity index (χ2v) is 10.9. The van der Waals surface area contributed by atoms with Gasteiger partial charge >= 0.3 is 0 Å². The number of nitrogens with one attached hydrogen (secondary N) is 3. The molecule has 13 heteroatoms. The fourth-order valence-corrected chi connectivity index (χ4v) is 5.38. The van der Waals surface area contributed by atoms with Crippen molar-refractivity contribution in [1.29, 1.82) is 0 Å². The number of amides is 2. The minimum atomic E-state index is -1.77. The number of halogens is 1.